The van der Waals surface area contributed by atoms with Crippen molar-refractivity contribution >= 4 is 92.6 Å². The first kappa shape index (κ1) is 94.9. The number of fused-ring (bicyclic) bond motifs is 12. The van der Waals surface area contributed by atoms with Gasteiger partial charge in [-0.25, -0.2) is 38.7 Å². The molecular weight excluding hydrogens is 1680 g/mol. The number of aliphatic carboxylic acids is 1. The third kappa shape index (κ3) is 20.8. The zero-order chi connectivity index (χ0) is 93.9. The Balaban J connectivity index is 0.000000188. The number of carbonyl (C=O) groups excluding carboxylic acids is 7. The van der Waals surface area contributed by atoms with Crippen LogP contribution in [0.4, 0.5) is 35.3 Å². The fourth-order valence-corrected chi connectivity index (χ4v) is 18.9. The Morgan fingerprint density at radius 1 is 0.473 bits per heavy atom. The number of likely N-dealkylation sites (tertiary alicyclic amines) is 4. The summed E-state index contributed by atoms with van der Waals surface area (Å²) in [6, 6.07) is 25.9. The Bertz CT molecular complexity index is 5700. The lowest BCUT2D eigenvalue weighted by atomic mass is 9.90. The number of aromatic amines is 2. The van der Waals surface area contributed by atoms with Crippen molar-refractivity contribution < 1.29 is 100 Å². The number of nitrogens with one attached hydrogen (secondary N) is 5. The van der Waals surface area contributed by atoms with Gasteiger partial charge in [-0.1, -0.05) is 50.2 Å². The lowest BCUT2D eigenvalue weighted by Gasteiger charge is -2.31. The zero-order valence-electron chi connectivity index (χ0n) is 77.9. The molecule has 34 nitrogen and oxygen atoms in total. The molecule has 0 unspecified atom stereocenters. The van der Waals surface area contributed by atoms with Crippen LogP contribution in [-0.2, 0) is 87.8 Å². The second kappa shape index (κ2) is 39.8. The highest BCUT2D eigenvalue weighted by Gasteiger charge is 2.47. The van der Waals surface area contributed by atoms with Crippen LogP contribution < -0.4 is 25.4 Å². The number of aromatic nitrogens is 4. The number of hydrogen-bond donors (Lipinski definition) is 6. The van der Waals surface area contributed by atoms with Gasteiger partial charge in [0.25, 0.3) is 0 Å². The molecule has 6 aromatic carbocycles. The van der Waals surface area contributed by atoms with Gasteiger partial charge < -0.3 is 97.7 Å². The lowest BCUT2D eigenvalue weighted by molar-refractivity contribution is -0.142. The molecule has 0 spiro atoms. The van der Waals surface area contributed by atoms with Crippen molar-refractivity contribution in [3.05, 3.63) is 131 Å². The third-order valence-electron chi connectivity index (χ3n) is 25.5. The molecule has 8 aromatic rings. The number of carboxylic acids is 1. The van der Waals surface area contributed by atoms with E-state index in [1.54, 1.807) is 44.1 Å². The van der Waals surface area contributed by atoms with Crippen LogP contribution in [0.2, 0.25) is 0 Å². The first-order valence-electron chi connectivity index (χ1n) is 44.4. The van der Waals surface area contributed by atoms with E-state index in [1.165, 1.54) is 42.5 Å². The van der Waals surface area contributed by atoms with E-state index in [4.69, 9.17) is 77.2 Å². The standard InChI is InChI=1S/C47H57N7O10.C43H51N5O6.C7H13NO5/c1-24-13-39(53(20-24)44(55)41(25(2)60-5)51-46(57)62-7)43-48-19-37(50-43)29-9-11-31-30(15-29)23-64-40-18-32-28(16-34(31)40)10-12-35-33(32)17-36(49-35)38-14-27(22-59-4)21-54(38)45(56)42(26(3)61-6)52-47(58)63-8;1-24-13-37(47(20-24)40(49)53-42(2,3)4)39-44-19-35(46-39)27-9-11-29-28(15-27)23-52-38-18-30-26(16-32(29)38)10-12-33-31(30)17-34(45-33)36-14-25(22-51-8)21-48(36)41(50)54-43(5,6)7;1-4(12-2)5(6(9)10)8-7(11)13-3/h9-12,15-16,18-19,24-27,38-39,41-42H,13-14,17,20-23H2,1-8H3,(H,48,50)(H,51,57)(H,52,58);9-12,15-16,18-19,24-25,36-37H,13-14,17,20-23H2,1-8H3,(H,44,46);4-5H,1-3H3,(H,8,11)(H,9,10)/t24-,25+,26+,27-,38-,39-,41-,42-;24-,25-,36-,37-;4-,5+/m001/s1. The highest BCUT2D eigenvalue weighted by Crippen LogP contribution is 2.49. The summed E-state index contributed by atoms with van der Waals surface area (Å²) >= 11 is 0. The van der Waals surface area contributed by atoms with E-state index in [0.29, 0.717) is 90.0 Å². The second-order valence-electron chi connectivity index (χ2n) is 37.1. The molecule has 4 saturated heterocycles. The molecule has 0 saturated carbocycles. The Hall–Kier alpha value is -12.2. The maximum absolute atomic E-state index is 14.2. The number of aliphatic imine (C=N–C) groups is 2. The van der Waals surface area contributed by atoms with Crippen molar-refractivity contribution in [3.63, 3.8) is 0 Å². The molecule has 0 radical (unpaired) electrons. The number of imidazole rings is 2. The number of nitrogens with zero attached hydrogens (tertiary/aromatic N) is 8. The Morgan fingerprint density at radius 2 is 0.855 bits per heavy atom. The minimum absolute atomic E-state index is 0.0914. The number of hydrogen-bond acceptors (Lipinski definition) is 24. The average Bonchev–Trinajstić information content (AvgIpc) is 1.70. The van der Waals surface area contributed by atoms with E-state index in [-0.39, 0.29) is 65.9 Å². The summed E-state index contributed by atoms with van der Waals surface area (Å²) in [7, 11) is 11.4. The summed E-state index contributed by atoms with van der Waals surface area (Å²) in [5.74, 6) is 2.26. The zero-order valence-corrected chi connectivity index (χ0v) is 77.9. The molecule has 6 N–H and O–H groups in total. The molecule has 8 aliphatic heterocycles. The summed E-state index contributed by atoms with van der Waals surface area (Å²) in [6.07, 6.45) is 3.27. The molecule has 14 atom stereocenters. The predicted octanol–water partition coefficient (Wildman–Crippen LogP) is 14.5. The SMILES string of the molecule is COC(=O)N[C@H](C(=O)O)[C@@H](C)OC.COC[C@H]1C[C@@H](C2=Nc3ccc4cc5c(cc4c3C2)OCc2cc(-c3cnc([C@@H]4C[C@H](C)CN4C(=O)OC(C)(C)C)[nH]3)ccc2-5)N(C(=O)OC(C)(C)C)C1.COC[C@H]1C[C@@H](C2=Nc3ccc4cc5c(cc4c3C2)OCc2cc(-c3cnc([C@@H]4C[C@H](C)CN4C(=O)[C@@H](NC(=O)OC)[C@@H](C)OC)[nH]3)ccc2-5)N(C(=O)[C@@H](NC(=O)OC)[C@@H](C)OC)C1. The number of rotatable bonds is 22. The van der Waals surface area contributed by atoms with Crippen molar-refractivity contribution in [3.8, 4) is 56.3 Å². The third-order valence-corrected chi connectivity index (χ3v) is 25.5. The van der Waals surface area contributed by atoms with Gasteiger partial charge in [0.2, 0.25) is 11.8 Å². The molecule has 34 heteroatoms. The van der Waals surface area contributed by atoms with E-state index in [0.717, 1.165) is 149 Å². The van der Waals surface area contributed by atoms with Crippen molar-refractivity contribution in [2.45, 2.75) is 200 Å². The number of carbonyl (C=O) groups is 8. The fraction of sp³-hybridized carbons (Fsp3) is 0.505. The molecule has 700 valence electrons. The molecule has 10 heterocycles. The number of amides is 7. The minimum Gasteiger partial charge on any atom is -0.488 e. The smallest absolute Gasteiger partial charge is 0.410 e. The monoisotopic (exact) mass is 1800 g/mol. The van der Waals surface area contributed by atoms with Crippen molar-refractivity contribution in [1.29, 1.82) is 0 Å². The molecule has 8 aliphatic rings. The van der Waals surface area contributed by atoms with Crippen molar-refractivity contribution in [2.24, 2.45) is 33.7 Å². The minimum atomic E-state index is -1.17. The molecule has 0 bridgehead atoms. The molecule has 4 fully saturated rings. The highest BCUT2D eigenvalue weighted by atomic mass is 16.6. The van der Waals surface area contributed by atoms with E-state index in [2.05, 4.69) is 123 Å². The number of benzene rings is 6. The molecule has 131 heavy (non-hydrogen) atoms. The average molecular weight is 1810 g/mol. The van der Waals surface area contributed by atoms with Crippen LogP contribution in [0.5, 0.6) is 11.5 Å². The quantitative estimate of drug-likeness (QED) is 0.0343. The largest absolute Gasteiger partial charge is 0.488 e. The molecule has 16 rings (SSSR count). The predicted molar refractivity (Wildman–Crippen MR) is 489 cm³/mol. The van der Waals surface area contributed by atoms with E-state index < -0.39 is 71.9 Å². The van der Waals surface area contributed by atoms with Crippen LogP contribution in [0.15, 0.2) is 107 Å². The Morgan fingerprint density at radius 3 is 1.26 bits per heavy atom. The van der Waals surface area contributed by atoms with Crippen molar-refractivity contribution in [1.82, 2.24) is 55.5 Å². The Kier molecular flexibility index (Phi) is 28.8. The molecule has 0 aliphatic carbocycles. The van der Waals surface area contributed by atoms with Crippen LogP contribution >= 0.6 is 0 Å². The van der Waals surface area contributed by atoms with Gasteiger partial charge in [0.05, 0.1) is 112 Å². The van der Waals surface area contributed by atoms with Gasteiger partial charge in [-0.2, -0.15) is 0 Å². The number of carboxylic acid groups (broad SMARTS) is 1. The van der Waals surface area contributed by atoms with Gasteiger partial charge in [-0.3, -0.25) is 29.4 Å². The first-order chi connectivity index (χ1) is 62.5. The molecule has 2 aromatic heterocycles. The highest BCUT2D eigenvalue weighted by molar-refractivity contribution is 6.08. The number of H-pyrrole nitrogens is 2. The molecule has 7 amide bonds. The summed E-state index contributed by atoms with van der Waals surface area (Å²) in [5, 5.41) is 20.5. The van der Waals surface area contributed by atoms with E-state index >= 15 is 0 Å². The Labute approximate surface area is 761 Å². The van der Waals surface area contributed by atoms with Gasteiger partial charge in [-0.15, -0.1) is 0 Å². The maximum Gasteiger partial charge on any atom is 0.410 e. The number of ether oxygens (including phenoxy) is 12. The normalized spacial score (nSPS) is 21.2. The summed E-state index contributed by atoms with van der Waals surface area (Å²) in [4.78, 5) is 134. The van der Waals surface area contributed by atoms with E-state index in [1.807, 2.05) is 63.6 Å². The van der Waals surface area contributed by atoms with Crippen LogP contribution in [-0.4, -0.2) is 260 Å². The summed E-state index contributed by atoms with van der Waals surface area (Å²) in [5.41, 5.74) is 14.8. The number of methoxy groups -OCH3 is 8. The van der Waals surface area contributed by atoms with Crippen LogP contribution in [0.25, 0.3) is 66.3 Å². The molecular formula is C97H121N13O21. The van der Waals surface area contributed by atoms with Gasteiger partial charge in [-0.05, 0) is 214 Å². The van der Waals surface area contributed by atoms with Gasteiger partial charge in [0.15, 0.2) is 6.04 Å². The van der Waals surface area contributed by atoms with Crippen LogP contribution in [0.1, 0.15) is 148 Å². The van der Waals surface area contributed by atoms with E-state index in [9.17, 15) is 38.4 Å². The lowest BCUT2D eigenvalue weighted by Crippen LogP contribution is -2.56. The maximum atomic E-state index is 14.2. The van der Waals surface area contributed by atoms with Gasteiger partial charge in [0, 0.05) is 109 Å². The van der Waals surface area contributed by atoms with Gasteiger partial charge >= 0.3 is 36.4 Å². The van der Waals surface area contributed by atoms with Crippen LogP contribution in [0.3, 0.4) is 0 Å². The summed E-state index contributed by atoms with van der Waals surface area (Å²) in [6.45, 7) is 24.7. The van der Waals surface area contributed by atoms with Crippen LogP contribution in [0, 0.1) is 23.7 Å². The second-order valence-corrected chi connectivity index (χ2v) is 37.1. The fourth-order valence-electron chi connectivity index (χ4n) is 18.9. The van der Waals surface area contributed by atoms with Crippen molar-refractivity contribution in [2.75, 3.05) is 96.3 Å². The topological polar surface area (TPSA) is 399 Å². The van der Waals surface area contributed by atoms with Gasteiger partial charge in [0.1, 0.15) is 59.6 Å². The first-order valence-corrected chi connectivity index (χ1v) is 44.4. The summed E-state index contributed by atoms with van der Waals surface area (Å²) < 4.78 is 65.1. The number of alkyl carbamates (subject to hydrolysis) is 3.